The van der Waals surface area contributed by atoms with Crippen molar-refractivity contribution in [1.82, 2.24) is 14.9 Å². The molecule has 2 aromatic rings. The van der Waals surface area contributed by atoms with Gasteiger partial charge in [-0.2, -0.15) is 4.98 Å². The second-order valence-corrected chi connectivity index (χ2v) is 6.88. The minimum atomic E-state index is -3.72. The number of nitrogens with one attached hydrogen (secondary N) is 1. The molecule has 0 aliphatic carbocycles. The van der Waals surface area contributed by atoms with Crippen molar-refractivity contribution in [3.8, 4) is 0 Å². The molecule has 20 heavy (non-hydrogen) atoms. The summed E-state index contributed by atoms with van der Waals surface area (Å²) in [5.41, 5.74) is 0. The second kappa shape index (κ2) is 5.69. The lowest BCUT2D eigenvalue weighted by Crippen LogP contribution is -2.25. The molecule has 0 aliphatic rings. The minimum absolute atomic E-state index is 0.0297. The molecule has 0 saturated heterocycles. The first-order valence-electron chi connectivity index (χ1n) is 5.50. The van der Waals surface area contributed by atoms with Gasteiger partial charge in [0.1, 0.15) is 9.09 Å². The summed E-state index contributed by atoms with van der Waals surface area (Å²) >= 11 is 0.697. The zero-order chi connectivity index (χ0) is 14.8. The normalized spacial score (nSPS) is 11.7. The molecule has 10 heteroatoms. The molecule has 0 aliphatic heterocycles. The summed E-state index contributed by atoms with van der Waals surface area (Å²) < 4.78 is 31.0. The van der Waals surface area contributed by atoms with Crippen molar-refractivity contribution >= 4 is 27.3 Å². The van der Waals surface area contributed by atoms with E-state index in [9.17, 15) is 13.2 Å². The smallest absolute Gasteiger partial charge is 0.345 e. The predicted octanol–water partition coefficient (Wildman–Crippen LogP) is 0.659. The van der Waals surface area contributed by atoms with E-state index < -0.39 is 16.0 Å². The predicted molar refractivity (Wildman–Crippen MR) is 69.2 cm³/mol. The van der Waals surface area contributed by atoms with Gasteiger partial charge in [-0.3, -0.25) is 0 Å². The highest BCUT2D eigenvalue weighted by Crippen LogP contribution is 2.21. The fourth-order valence-corrected chi connectivity index (χ4v) is 3.61. The molecule has 0 aromatic carbocycles. The molecule has 0 bridgehead atoms. The monoisotopic (exact) mass is 317 g/mol. The van der Waals surface area contributed by atoms with Crippen LogP contribution in [0.25, 0.3) is 0 Å². The number of aromatic nitrogens is 2. The lowest BCUT2D eigenvalue weighted by atomic mass is 10.4. The lowest BCUT2D eigenvalue weighted by Gasteiger charge is -2.02. The fraction of sp³-hybridized carbons (Fsp3) is 0.300. The van der Waals surface area contributed by atoms with Crippen LogP contribution < -0.4 is 4.72 Å². The van der Waals surface area contributed by atoms with Gasteiger partial charge in [0.05, 0.1) is 0 Å². The summed E-state index contributed by atoms with van der Waals surface area (Å²) in [6.07, 6.45) is 0.261. The van der Waals surface area contributed by atoms with Crippen LogP contribution >= 0.6 is 11.3 Å². The molecule has 8 nitrogen and oxygen atoms in total. The molecular formula is C10H11N3O5S2. The Morgan fingerprint density at radius 2 is 2.25 bits per heavy atom. The molecular weight excluding hydrogens is 306 g/mol. The zero-order valence-corrected chi connectivity index (χ0v) is 12.0. The highest BCUT2D eigenvalue weighted by Gasteiger charge is 2.18. The van der Waals surface area contributed by atoms with Crippen molar-refractivity contribution in [3.63, 3.8) is 0 Å². The van der Waals surface area contributed by atoms with Crippen molar-refractivity contribution < 1.29 is 22.8 Å². The number of thiophene rings is 1. The van der Waals surface area contributed by atoms with Crippen LogP contribution in [0, 0.1) is 6.92 Å². The number of carbonyl (C=O) groups is 1. The Hall–Kier alpha value is -1.78. The van der Waals surface area contributed by atoms with Gasteiger partial charge in [0, 0.05) is 13.0 Å². The number of carboxylic acid groups (broad SMARTS) is 1. The molecule has 0 amide bonds. The quantitative estimate of drug-likeness (QED) is 0.802. The average molecular weight is 317 g/mol. The van der Waals surface area contributed by atoms with Gasteiger partial charge in [-0.25, -0.2) is 17.9 Å². The van der Waals surface area contributed by atoms with Crippen LogP contribution in [0.1, 0.15) is 21.4 Å². The number of sulfonamides is 1. The Kier molecular flexibility index (Phi) is 4.16. The van der Waals surface area contributed by atoms with E-state index in [4.69, 9.17) is 9.63 Å². The van der Waals surface area contributed by atoms with Crippen LogP contribution in [0.15, 0.2) is 20.9 Å². The first-order valence-corrected chi connectivity index (χ1v) is 7.80. The third kappa shape index (κ3) is 3.40. The summed E-state index contributed by atoms with van der Waals surface area (Å²) in [7, 11) is -3.72. The van der Waals surface area contributed by atoms with Crippen molar-refractivity contribution in [2.75, 3.05) is 6.54 Å². The van der Waals surface area contributed by atoms with Gasteiger partial charge in [0.25, 0.3) is 0 Å². The summed E-state index contributed by atoms with van der Waals surface area (Å²) in [5, 5.41) is 12.3. The molecule has 2 heterocycles. The molecule has 108 valence electrons. The number of hydrogen-bond donors (Lipinski definition) is 2. The van der Waals surface area contributed by atoms with Gasteiger partial charge in [-0.15, -0.1) is 11.3 Å². The number of carboxylic acids is 1. The third-order valence-corrected chi connectivity index (χ3v) is 5.28. The van der Waals surface area contributed by atoms with Gasteiger partial charge in [0.15, 0.2) is 5.82 Å². The number of nitrogens with zero attached hydrogens (tertiary/aromatic N) is 2. The highest BCUT2D eigenvalue weighted by atomic mass is 32.2. The Labute approximate surface area is 118 Å². The largest absolute Gasteiger partial charge is 0.477 e. The van der Waals surface area contributed by atoms with Crippen LogP contribution in [0.4, 0.5) is 0 Å². The average Bonchev–Trinajstić information content (AvgIpc) is 2.98. The van der Waals surface area contributed by atoms with E-state index in [0.717, 1.165) is 0 Å². The summed E-state index contributed by atoms with van der Waals surface area (Å²) in [6, 6.07) is 2.51. The van der Waals surface area contributed by atoms with E-state index >= 15 is 0 Å². The zero-order valence-electron chi connectivity index (χ0n) is 10.4. The molecule has 0 fully saturated rings. The summed E-state index contributed by atoms with van der Waals surface area (Å²) in [4.78, 5) is 14.6. The Bertz CT molecular complexity index is 719. The molecule has 2 aromatic heterocycles. The third-order valence-electron chi connectivity index (χ3n) is 2.26. The van der Waals surface area contributed by atoms with Crippen molar-refractivity contribution in [2.45, 2.75) is 17.6 Å². The van der Waals surface area contributed by atoms with E-state index in [1.165, 1.54) is 12.1 Å². The van der Waals surface area contributed by atoms with Crippen molar-refractivity contribution in [1.29, 1.82) is 0 Å². The molecule has 2 N–H and O–H groups in total. The van der Waals surface area contributed by atoms with E-state index in [0.29, 0.717) is 23.1 Å². The van der Waals surface area contributed by atoms with Crippen LogP contribution in [0.3, 0.4) is 0 Å². The fourth-order valence-electron chi connectivity index (χ4n) is 1.38. The number of aromatic carboxylic acids is 1. The number of hydrogen-bond acceptors (Lipinski definition) is 7. The van der Waals surface area contributed by atoms with Gasteiger partial charge in [-0.05, 0) is 19.1 Å². The Balaban J connectivity index is 1.98. The molecule has 0 radical (unpaired) electrons. The minimum Gasteiger partial charge on any atom is -0.477 e. The summed E-state index contributed by atoms with van der Waals surface area (Å²) in [5.74, 6) is -0.340. The number of aryl methyl sites for hydroxylation is 1. The number of rotatable bonds is 6. The van der Waals surface area contributed by atoms with Gasteiger partial charge in [-0.1, -0.05) is 5.16 Å². The summed E-state index contributed by atoms with van der Waals surface area (Å²) in [6.45, 7) is 1.75. The van der Waals surface area contributed by atoms with E-state index in [1.54, 1.807) is 6.92 Å². The lowest BCUT2D eigenvalue weighted by molar-refractivity contribution is 0.0702. The van der Waals surface area contributed by atoms with Crippen molar-refractivity contribution in [2.24, 2.45) is 0 Å². The standard InChI is InChI=1S/C10H11N3O5S2/c1-6-12-8(18-13-6)4-5-11-20(16,17)9-3-2-7(19-9)10(14)15/h2-3,11H,4-5H2,1H3,(H,14,15). The second-order valence-electron chi connectivity index (χ2n) is 3.81. The van der Waals surface area contributed by atoms with Gasteiger partial charge in [0.2, 0.25) is 15.9 Å². The van der Waals surface area contributed by atoms with E-state index in [-0.39, 0.29) is 22.1 Å². The maximum Gasteiger partial charge on any atom is 0.345 e. The first kappa shape index (κ1) is 14.6. The molecule has 0 spiro atoms. The molecule has 0 atom stereocenters. The van der Waals surface area contributed by atoms with Crippen molar-refractivity contribution in [3.05, 3.63) is 28.7 Å². The maximum absolute atomic E-state index is 11.9. The van der Waals surface area contributed by atoms with Gasteiger partial charge >= 0.3 is 5.97 Å². The van der Waals surface area contributed by atoms with Crippen LogP contribution in [-0.4, -0.2) is 36.2 Å². The van der Waals surface area contributed by atoms with E-state index in [1.807, 2.05) is 0 Å². The molecule has 0 unspecified atom stereocenters. The highest BCUT2D eigenvalue weighted by molar-refractivity contribution is 7.91. The topological polar surface area (TPSA) is 122 Å². The van der Waals surface area contributed by atoms with E-state index in [2.05, 4.69) is 14.9 Å². The molecule has 0 saturated carbocycles. The van der Waals surface area contributed by atoms with Crippen LogP contribution in [0.5, 0.6) is 0 Å². The maximum atomic E-state index is 11.9. The molecule has 2 rings (SSSR count). The Morgan fingerprint density at radius 1 is 1.50 bits per heavy atom. The van der Waals surface area contributed by atoms with Gasteiger partial charge < -0.3 is 9.63 Å². The Morgan fingerprint density at radius 3 is 2.80 bits per heavy atom. The first-order chi connectivity index (χ1) is 9.38. The van der Waals surface area contributed by atoms with Crippen LogP contribution in [0.2, 0.25) is 0 Å². The van der Waals surface area contributed by atoms with Crippen LogP contribution in [-0.2, 0) is 16.4 Å². The SMILES string of the molecule is Cc1noc(CCNS(=O)(=O)c2ccc(C(=O)O)s2)n1.